The highest BCUT2D eigenvalue weighted by atomic mass is 16.6. The van der Waals surface area contributed by atoms with Gasteiger partial charge in [-0.05, 0) is 83.5 Å². The molecule has 0 aliphatic heterocycles. The lowest BCUT2D eigenvalue weighted by molar-refractivity contribution is -0.167. The van der Waals surface area contributed by atoms with Crippen molar-refractivity contribution in [3.63, 3.8) is 0 Å². The topological polar surface area (TPSA) is 78.9 Å². The van der Waals surface area contributed by atoms with Crippen LogP contribution in [0.15, 0.2) is 97.2 Å². The summed E-state index contributed by atoms with van der Waals surface area (Å²) in [4.78, 5) is 37.9. The predicted molar refractivity (Wildman–Crippen MR) is 265 cm³/mol. The van der Waals surface area contributed by atoms with E-state index in [-0.39, 0.29) is 31.1 Å². The normalized spacial score (nSPS) is 12.9. The molecule has 1 atom stereocenters. The summed E-state index contributed by atoms with van der Waals surface area (Å²) < 4.78 is 16.7. The summed E-state index contributed by atoms with van der Waals surface area (Å²) in [6.45, 7) is 6.37. The molecule has 6 nitrogen and oxygen atoms in total. The molecule has 0 bridgehead atoms. The minimum absolute atomic E-state index is 0.105. The molecule has 0 amide bonds. The standard InChI is InChI=1S/C56H92O6/c1-4-7-10-13-16-19-22-24-26-27-28-30-31-34-37-40-43-46-49-55(58)61-52-53(51-60-54(57)48-45-42-39-36-33-21-18-15-12-9-6-3)62-56(59)50-47-44-41-38-35-32-29-25-23-20-17-14-11-8-5-2/h8,11,14-15,17-18,20-21,23,25-30,33,53H,4-7,9-10,12-13,16,19,22,24,31-32,34-52H2,1-3H3/b11-8-,17-14-,18-15-,23-20-,27-26-,29-25-,30-28-,33-21-. The molecule has 0 aromatic heterocycles. The molecule has 6 heteroatoms. The number of rotatable bonds is 44. The van der Waals surface area contributed by atoms with E-state index in [4.69, 9.17) is 14.2 Å². The zero-order valence-corrected chi connectivity index (χ0v) is 40.1. The molecule has 0 N–H and O–H groups in total. The van der Waals surface area contributed by atoms with Crippen molar-refractivity contribution >= 4 is 17.9 Å². The zero-order chi connectivity index (χ0) is 45.1. The maximum Gasteiger partial charge on any atom is 0.306 e. The lowest BCUT2D eigenvalue weighted by Crippen LogP contribution is -2.30. The molecule has 0 heterocycles. The van der Waals surface area contributed by atoms with E-state index in [9.17, 15) is 14.4 Å². The number of carbonyl (C=O) groups excluding carboxylic acids is 3. The fourth-order valence-corrected chi connectivity index (χ4v) is 6.60. The SMILES string of the molecule is CC\C=C/C=C\C=C/C=C\CCCCCCCC(=O)OC(COC(=O)CCCCC/C=C\C=C/CCCC)COC(=O)CCCCCCC/C=C\C=C/CCCCCCCCC. The second-order valence-electron chi connectivity index (χ2n) is 16.5. The first-order chi connectivity index (χ1) is 30.5. The fourth-order valence-electron chi connectivity index (χ4n) is 6.60. The predicted octanol–water partition coefficient (Wildman–Crippen LogP) is 16.6. The first-order valence-corrected chi connectivity index (χ1v) is 25.3. The average molecular weight is 861 g/mol. The Balaban J connectivity index is 4.47. The van der Waals surface area contributed by atoms with E-state index >= 15 is 0 Å². The lowest BCUT2D eigenvalue weighted by atomic mass is 10.1. The molecule has 0 aromatic carbocycles. The van der Waals surface area contributed by atoms with Gasteiger partial charge in [-0.15, -0.1) is 0 Å². The molecule has 0 spiro atoms. The first kappa shape index (κ1) is 58.3. The summed E-state index contributed by atoms with van der Waals surface area (Å²) in [6, 6.07) is 0. The van der Waals surface area contributed by atoms with Crippen molar-refractivity contribution in [2.24, 2.45) is 0 Å². The number of hydrogen-bond acceptors (Lipinski definition) is 6. The molecule has 0 radical (unpaired) electrons. The minimum atomic E-state index is -0.807. The van der Waals surface area contributed by atoms with Crippen LogP contribution < -0.4 is 0 Å². The second kappa shape index (κ2) is 50.0. The van der Waals surface area contributed by atoms with Gasteiger partial charge >= 0.3 is 17.9 Å². The minimum Gasteiger partial charge on any atom is -0.462 e. The number of unbranched alkanes of at least 4 members (excludes halogenated alkanes) is 22. The van der Waals surface area contributed by atoms with Crippen molar-refractivity contribution in [2.75, 3.05) is 13.2 Å². The van der Waals surface area contributed by atoms with Crippen LogP contribution in [0.25, 0.3) is 0 Å². The van der Waals surface area contributed by atoms with Gasteiger partial charge in [0.2, 0.25) is 0 Å². The maximum atomic E-state index is 12.8. The smallest absolute Gasteiger partial charge is 0.306 e. The monoisotopic (exact) mass is 861 g/mol. The van der Waals surface area contributed by atoms with Crippen molar-refractivity contribution in [2.45, 2.75) is 226 Å². The Bertz CT molecular complexity index is 1260. The Morgan fingerprint density at radius 3 is 1.06 bits per heavy atom. The van der Waals surface area contributed by atoms with Crippen LogP contribution in [0.1, 0.15) is 220 Å². The molecule has 0 aromatic rings. The van der Waals surface area contributed by atoms with Crippen molar-refractivity contribution in [1.29, 1.82) is 0 Å². The van der Waals surface area contributed by atoms with Crippen LogP contribution in [0, 0.1) is 0 Å². The average Bonchev–Trinajstić information content (AvgIpc) is 3.27. The highest BCUT2D eigenvalue weighted by Crippen LogP contribution is 2.13. The first-order valence-electron chi connectivity index (χ1n) is 25.3. The zero-order valence-electron chi connectivity index (χ0n) is 40.1. The molecule has 0 saturated heterocycles. The quantitative estimate of drug-likeness (QED) is 0.0263. The van der Waals surface area contributed by atoms with Gasteiger partial charge < -0.3 is 14.2 Å². The number of carbonyl (C=O) groups is 3. The van der Waals surface area contributed by atoms with Gasteiger partial charge in [-0.2, -0.15) is 0 Å². The summed E-state index contributed by atoms with van der Waals surface area (Å²) in [7, 11) is 0. The number of esters is 3. The molecule has 0 saturated carbocycles. The Morgan fingerprint density at radius 1 is 0.339 bits per heavy atom. The summed E-state index contributed by atoms with van der Waals surface area (Å²) in [5.41, 5.74) is 0. The van der Waals surface area contributed by atoms with Crippen molar-refractivity contribution in [3.05, 3.63) is 97.2 Å². The van der Waals surface area contributed by atoms with Crippen LogP contribution in [0.2, 0.25) is 0 Å². The van der Waals surface area contributed by atoms with Gasteiger partial charge in [0.05, 0.1) is 0 Å². The van der Waals surface area contributed by atoms with Gasteiger partial charge in [-0.3, -0.25) is 14.4 Å². The molecule has 0 fully saturated rings. The highest BCUT2D eigenvalue weighted by Gasteiger charge is 2.19. The van der Waals surface area contributed by atoms with Crippen molar-refractivity contribution in [3.8, 4) is 0 Å². The molecule has 0 aliphatic carbocycles. The largest absolute Gasteiger partial charge is 0.462 e. The van der Waals surface area contributed by atoms with Gasteiger partial charge in [-0.1, -0.05) is 214 Å². The molecular weight excluding hydrogens is 769 g/mol. The van der Waals surface area contributed by atoms with E-state index < -0.39 is 6.10 Å². The molecular formula is C56H92O6. The summed E-state index contributed by atoms with van der Waals surface area (Å²) in [5.74, 6) is -0.976. The van der Waals surface area contributed by atoms with Crippen LogP contribution in [0.5, 0.6) is 0 Å². The summed E-state index contributed by atoms with van der Waals surface area (Å²) >= 11 is 0. The van der Waals surface area contributed by atoms with E-state index in [1.807, 2.05) is 24.3 Å². The Morgan fingerprint density at radius 2 is 0.645 bits per heavy atom. The Kier molecular flexibility index (Phi) is 47.0. The van der Waals surface area contributed by atoms with E-state index in [1.165, 1.54) is 64.2 Å². The van der Waals surface area contributed by atoms with Crippen LogP contribution in [-0.4, -0.2) is 37.2 Å². The van der Waals surface area contributed by atoms with Gasteiger partial charge in [0, 0.05) is 19.3 Å². The number of allylic oxidation sites excluding steroid dienone is 16. The highest BCUT2D eigenvalue weighted by molar-refractivity contribution is 5.71. The van der Waals surface area contributed by atoms with Gasteiger partial charge in [0.15, 0.2) is 6.10 Å². The number of ether oxygens (including phenoxy) is 3. The Hall–Kier alpha value is -3.67. The van der Waals surface area contributed by atoms with Crippen LogP contribution in [0.4, 0.5) is 0 Å². The third kappa shape index (κ3) is 47.4. The molecule has 0 aliphatic rings. The van der Waals surface area contributed by atoms with Crippen molar-refractivity contribution in [1.82, 2.24) is 0 Å². The third-order valence-corrected chi connectivity index (χ3v) is 10.4. The Labute approximate surface area is 381 Å². The fraction of sp³-hybridized carbons (Fsp3) is 0.661. The van der Waals surface area contributed by atoms with E-state index in [1.54, 1.807) is 0 Å². The lowest BCUT2D eigenvalue weighted by Gasteiger charge is -2.18. The molecule has 1 unspecified atom stereocenters. The maximum absolute atomic E-state index is 12.8. The van der Waals surface area contributed by atoms with E-state index in [2.05, 4.69) is 93.7 Å². The van der Waals surface area contributed by atoms with Crippen molar-refractivity contribution < 1.29 is 28.6 Å². The van der Waals surface area contributed by atoms with Crippen LogP contribution in [-0.2, 0) is 28.6 Å². The number of hydrogen-bond donors (Lipinski definition) is 0. The third-order valence-electron chi connectivity index (χ3n) is 10.4. The van der Waals surface area contributed by atoms with Crippen LogP contribution in [0.3, 0.4) is 0 Å². The molecule has 0 rings (SSSR count). The van der Waals surface area contributed by atoms with Gasteiger partial charge in [-0.25, -0.2) is 0 Å². The van der Waals surface area contributed by atoms with Crippen LogP contribution >= 0.6 is 0 Å². The molecule has 62 heavy (non-hydrogen) atoms. The summed E-state index contributed by atoms with van der Waals surface area (Å²) in [6.07, 6.45) is 65.3. The van der Waals surface area contributed by atoms with E-state index in [0.29, 0.717) is 19.3 Å². The van der Waals surface area contributed by atoms with Gasteiger partial charge in [0.1, 0.15) is 13.2 Å². The molecule has 352 valence electrons. The summed E-state index contributed by atoms with van der Waals surface area (Å²) in [5, 5.41) is 0. The second-order valence-corrected chi connectivity index (χ2v) is 16.5. The van der Waals surface area contributed by atoms with Gasteiger partial charge in [0.25, 0.3) is 0 Å². The van der Waals surface area contributed by atoms with E-state index in [0.717, 1.165) is 116 Å².